The van der Waals surface area contributed by atoms with E-state index in [-0.39, 0.29) is 11.4 Å². The van der Waals surface area contributed by atoms with Crippen molar-refractivity contribution in [3.05, 3.63) is 66.0 Å². The number of likely N-dealkylation sites (tertiary alicyclic amines) is 1. The molecule has 150 valence electrons. The number of imidazole rings is 1. The van der Waals surface area contributed by atoms with Crippen molar-refractivity contribution in [2.24, 2.45) is 0 Å². The van der Waals surface area contributed by atoms with Crippen LogP contribution in [0.2, 0.25) is 0 Å². The summed E-state index contributed by atoms with van der Waals surface area (Å²) in [6.07, 6.45) is 2.84. The Labute approximate surface area is 166 Å². The molecule has 1 aliphatic rings. The van der Waals surface area contributed by atoms with Crippen LogP contribution in [0, 0.1) is 0 Å². The van der Waals surface area contributed by atoms with Gasteiger partial charge in [-0.25, -0.2) is 4.98 Å². The number of halogens is 3. The van der Waals surface area contributed by atoms with E-state index in [0.29, 0.717) is 24.2 Å². The molecule has 7 heteroatoms. The van der Waals surface area contributed by atoms with Crippen LogP contribution in [-0.2, 0) is 11.0 Å². The van der Waals surface area contributed by atoms with Crippen LogP contribution >= 0.6 is 0 Å². The van der Waals surface area contributed by atoms with E-state index in [1.54, 1.807) is 9.47 Å². The lowest BCUT2D eigenvalue weighted by Gasteiger charge is -2.25. The number of hydrogen-bond acceptors (Lipinski definition) is 2. The minimum absolute atomic E-state index is 0.180. The zero-order chi connectivity index (χ0) is 20.4. The van der Waals surface area contributed by atoms with Gasteiger partial charge in [0.1, 0.15) is 6.33 Å². The molecule has 0 saturated carbocycles. The molecule has 1 amide bonds. The van der Waals surface area contributed by atoms with Crippen molar-refractivity contribution < 1.29 is 18.0 Å². The van der Waals surface area contributed by atoms with E-state index in [0.717, 1.165) is 37.1 Å². The molecule has 4 nitrogen and oxygen atoms in total. The molecule has 1 aromatic heterocycles. The average molecular weight is 399 g/mol. The predicted molar refractivity (Wildman–Crippen MR) is 106 cm³/mol. The maximum atomic E-state index is 13.4. The van der Waals surface area contributed by atoms with Gasteiger partial charge in [-0.3, -0.25) is 9.36 Å². The number of hydrogen-bond donors (Lipinski definition) is 0. The molecule has 29 heavy (non-hydrogen) atoms. The fourth-order valence-electron chi connectivity index (χ4n) is 3.64. The van der Waals surface area contributed by atoms with Crippen LogP contribution < -0.4 is 0 Å². The number of benzene rings is 2. The van der Waals surface area contributed by atoms with Crippen LogP contribution in [-0.4, -0.2) is 33.4 Å². The summed E-state index contributed by atoms with van der Waals surface area (Å²) in [5.41, 5.74) is 1.07. The van der Waals surface area contributed by atoms with Crippen LogP contribution in [0.15, 0.2) is 54.9 Å². The topological polar surface area (TPSA) is 38.1 Å². The number of carbonyl (C=O) groups excluding carboxylic acids is 1. The highest BCUT2D eigenvalue weighted by molar-refractivity contribution is 5.95. The molecule has 0 radical (unpaired) electrons. The predicted octanol–water partition coefficient (Wildman–Crippen LogP) is 5.07. The minimum atomic E-state index is -4.50. The first-order chi connectivity index (χ1) is 13.9. The number of para-hydroxylation sites is 1. The second-order valence-electron chi connectivity index (χ2n) is 7.10. The van der Waals surface area contributed by atoms with E-state index < -0.39 is 11.7 Å². The zero-order valence-electron chi connectivity index (χ0n) is 15.7. The number of fused-ring (bicyclic) bond motifs is 1. The number of piperidine rings is 1. The highest BCUT2D eigenvalue weighted by Gasteiger charge is 2.32. The van der Waals surface area contributed by atoms with E-state index in [9.17, 15) is 18.0 Å². The molecule has 2 heterocycles. The van der Waals surface area contributed by atoms with Gasteiger partial charge in [-0.2, -0.15) is 13.2 Å². The zero-order valence-corrected chi connectivity index (χ0v) is 15.7. The molecule has 0 N–H and O–H groups in total. The maximum absolute atomic E-state index is 13.4. The Kier molecular flexibility index (Phi) is 5.13. The molecule has 0 aliphatic carbocycles. The lowest BCUT2D eigenvalue weighted by atomic mass is 10.1. The largest absolute Gasteiger partial charge is 0.416 e. The van der Waals surface area contributed by atoms with Gasteiger partial charge < -0.3 is 4.90 Å². The Hall–Kier alpha value is -3.09. The van der Waals surface area contributed by atoms with E-state index in [2.05, 4.69) is 4.98 Å². The Bertz CT molecular complexity index is 1050. The summed E-state index contributed by atoms with van der Waals surface area (Å²) in [5.74, 6) is -0.180. The molecule has 0 atom stereocenters. The van der Waals surface area contributed by atoms with Gasteiger partial charge in [0.25, 0.3) is 0 Å². The first-order valence-corrected chi connectivity index (χ1v) is 9.54. The fourth-order valence-corrected chi connectivity index (χ4v) is 3.64. The summed E-state index contributed by atoms with van der Waals surface area (Å²) in [6.45, 7) is 1.37. The van der Waals surface area contributed by atoms with Crippen molar-refractivity contribution in [1.29, 1.82) is 0 Å². The van der Waals surface area contributed by atoms with Crippen molar-refractivity contribution in [2.75, 3.05) is 13.1 Å². The summed E-state index contributed by atoms with van der Waals surface area (Å²) < 4.78 is 41.9. The first kappa shape index (κ1) is 19.2. The third kappa shape index (κ3) is 4.04. The molecule has 1 fully saturated rings. The van der Waals surface area contributed by atoms with Gasteiger partial charge in [-0.1, -0.05) is 18.2 Å². The molecular formula is C22H20F3N3O. The number of carbonyl (C=O) groups is 1. The van der Waals surface area contributed by atoms with Gasteiger partial charge in [0.2, 0.25) is 5.91 Å². The van der Waals surface area contributed by atoms with Gasteiger partial charge in [-0.05, 0) is 49.6 Å². The lowest BCUT2D eigenvalue weighted by Crippen LogP contribution is -2.34. The number of amides is 1. The maximum Gasteiger partial charge on any atom is 0.416 e. The van der Waals surface area contributed by atoms with E-state index >= 15 is 0 Å². The fraction of sp³-hybridized carbons (Fsp3) is 0.273. The van der Waals surface area contributed by atoms with Gasteiger partial charge in [-0.15, -0.1) is 0 Å². The summed E-state index contributed by atoms with van der Waals surface area (Å²) in [7, 11) is 0. The quantitative estimate of drug-likeness (QED) is 0.577. The van der Waals surface area contributed by atoms with Crippen LogP contribution in [0.3, 0.4) is 0 Å². The van der Waals surface area contributed by atoms with Crippen LogP contribution in [0.25, 0.3) is 22.8 Å². The highest BCUT2D eigenvalue weighted by atomic mass is 19.4. The SMILES string of the molecule is O=C(/C=C\c1cc(C(F)(F)F)cc2ncn(-c3ccccc3)c12)N1CCCCC1. The van der Waals surface area contributed by atoms with Crippen LogP contribution in [0.4, 0.5) is 13.2 Å². The first-order valence-electron chi connectivity index (χ1n) is 9.54. The summed E-state index contributed by atoms with van der Waals surface area (Å²) in [6, 6.07) is 11.4. The monoisotopic (exact) mass is 399 g/mol. The van der Waals surface area contributed by atoms with Gasteiger partial charge >= 0.3 is 6.18 Å². The Morgan fingerprint density at radius 2 is 1.76 bits per heavy atom. The normalized spacial score (nSPS) is 15.3. The average Bonchev–Trinajstić information content (AvgIpc) is 3.17. The highest BCUT2D eigenvalue weighted by Crippen LogP contribution is 2.34. The molecule has 1 saturated heterocycles. The van der Waals surface area contributed by atoms with E-state index in [1.165, 1.54) is 18.5 Å². The minimum Gasteiger partial charge on any atom is -0.339 e. The standard InChI is InChI=1S/C22H20F3N3O/c23-22(24,25)17-13-16(9-10-20(29)27-11-5-2-6-12-27)21-19(14-17)26-15-28(21)18-7-3-1-4-8-18/h1,3-4,7-10,13-15H,2,5-6,11-12H2/b10-9-. The van der Waals surface area contributed by atoms with Gasteiger partial charge in [0.15, 0.2) is 0 Å². The van der Waals surface area contributed by atoms with Gasteiger partial charge in [0, 0.05) is 30.4 Å². The molecular weight excluding hydrogens is 379 g/mol. The third-order valence-electron chi connectivity index (χ3n) is 5.11. The number of aromatic nitrogens is 2. The Morgan fingerprint density at radius 3 is 2.45 bits per heavy atom. The van der Waals surface area contributed by atoms with Gasteiger partial charge in [0.05, 0.1) is 16.6 Å². The van der Waals surface area contributed by atoms with Crippen molar-refractivity contribution >= 4 is 23.0 Å². The van der Waals surface area contributed by atoms with Crippen LogP contribution in [0.5, 0.6) is 0 Å². The van der Waals surface area contributed by atoms with E-state index in [4.69, 9.17) is 0 Å². The Balaban J connectivity index is 1.80. The smallest absolute Gasteiger partial charge is 0.339 e. The van der Waals surface area contributed by atoms with E-state index in [1.807, 2.05) is 30.3 Å². The number of alkyl halides is 3. The molecule has 1 aliphatic heterocycles. The molecule has 3 aromatic rings. The third-order valence-corrected chi connectivity index (χ3v) is 5.11. The molecule has 4 rings (SSSR count). The second-order valence-corrected chi connectivity index (χ2v) is 7.10. The summed E-state index contributed by atoms with van der Waals surface area (Å²) in [4.78, 5) is 18.4. The molecule has 0 spiro atoms. The Morgan fingerprint density at radius 1 is 1.03 bits per heavy atom. The summed E-state index contributed by atoms with van der Waals surface area (Å²) >= 11 is 0. The molecule has 0 bridgehead atoms. The van der Waals surface area contributed by atoms with Crippen molar-refractivity contribution in [1.82, 2.24) is 14.5 Å². The number of nitrogens with zero attached hydrogens (tertiary/aromatic N) is 3. The second kappa shape index (κ2) is 7.73. The van der Waals surface area contributed by atoms with Crippen molar-refractivity contribution in [3.8, 4) is 5.69 Å². The molecule has 2 aromatic carbocycles. The lowest BCUT2D eigenvalue weighted by molar-refractivity contribution is -0.137. The summed E-state index contributed by atoms with van der Waals surface area (Å²) in [5, 5.41) is 0. The van der Waals surface area contributed by atoms with Crippen LogP contribution in [0.1, 0.15) is 30.4 Å². The van der Waals surface area contributed by atoms with Crippen molar-refractivity contribution in [2.45, 2.75) is 25.4 Å². The molecule has 0 unspecified atom stereocenters. The van der Waals surface area contributed by atoms with Crippen molar-refractivity contribution in [3.63, 3.8) is 0 Å². The number of rotatable bonds is 3.